The number of benzene rings is 1. The SMILES string of the molecule is Cn1ncc2c1N=C(Cc1cccc(F)c1F)NC2c1nc(N)c2c(n1)NC(=O)C2(C)C(=O)NC1CC1. The molecule has 2 amide bonds. The minimum absolute atomic E-state index is 0.0146. The molecule has 2 atom stereocenters. The largest absolute Gasteiger partial charge is 0.383 e. The molecule has 2 aliphatic heterocycles. The van der Waals surface area contributed by atoms with Gasteiger partial charge in [-0.1, -0.05) is 12.1 Å². The van der Waals surface area contributed by atoms with E-state index in [0.29, 0.717) is 17.2 Å². The van der Waals surface area contributed by atoms with E-state index in [1.165, 1.54) is 19.1 Å². The van der Waals surface area contributed by atoms with Crippen molar-refractivity contribution in [3.8, 4) is 0 Å². The third kappa shape index (κ3) is 3.60. The Morgan fingerprint density at radius 2 is 2.08 bits per heavy atom. The van der Waals surface area contributed by atoms with Crippen molar-refractivity contribution in [3.63, 3.8) is 0 Å². The smallest absolute Gasteiger partial charge is 0.245 e. The molecule has 1 aliphatic carbocycles. The monoisotopic (exact) mass is 507 g/mol. The number of fused-ring (bicyclic) bond motifs is 2. The summed E-state index contributed by atoms with van der Waals surface area (Å²) in [7, 11) is 1.70. The second kappa shape index (κ2) is 8.05. The number of anilines is 2. The Kier molecular flexibility index (Phi) is 5.00. The van der Waals surface area contributed by atoms with Crippen LogP contribution >= 0.6 is 0 Å². The predicted molar refractivity (Wildman–Crippen MR) is 129 cm³/mol. The van der Waals surface area contributed by atoms with Crippen LogP contribution in [0.5, 0.6) is 0 Å². The first-order valence-electron chi connectivity index (χ1n) is 11.8. The Bertz CT molecular complexity index is 1510. The third-order valence-corrected chi connectivity index (χ3v) is 6.95. The number of nitrogens with one attached hydrogen (secondary N) is 3. The lowest BCUT2D eigenvalue weighted by Gasteiger charge is -2.25. The van der Waals surface area contributed by atoms with Crippen molar-refractivity contribution in [2.24, 2.45) is 12.0 Å². The number of amidine groups is 1. The maximum Gasteiger partial charge on any atom is 0.245 e. The summed E-state index contributed by atoms with van der Waals surface area (Å²) in [5.41, 5.74) is 5.73. The number of carbonyl (C=O) groups excluding carboxylic acids is 2. The average Bonchev–Trinajstić information content (AvgIpc) is 3.54. The van der Waals surface area contributed by atoms with Crippen molar-refractivity contribution >= 4 is 35.1 Å². The first kappa shape index (κ1) is 23.0. The number of nitrogen functional groups attached to an aromatic ring is 1. The average molecular weight is 508 g/mol. The molecule has 0 radical (unpaired) electrons. The number of aromatic nitrogens is 4. The molecule has 2 unspecified atom stereocenters. The van der Waals surface area contributed by atoms with E-state index in [9.17, 15) is 18.4 Å². The fraction of sp³-hybridized carbons (Fsp3) is 0.333. The van der Waals surface area contributed by atoms with Gasteiger partial charge in [-0.15, -0.1) is 0 Å². The van der Waals surface area contributed by atoms with E-state index < -0.39 is 34.9 Å². The van der Waals surface area contributed by atoms with Crippen LogP contribution in [0.1, 0.15) is 48.3 Å². The Morgan fingerprint density at radius 3 is 2.84 bits per heavy atom. The number of halogens is 2. The number of hydrogen-bond acceptors (Lipinski definition) is 8. The van der Waals surface area contributed by atoms with Gasteiger partial charge >= 0.3 is 0 Å². The van der Waals surface area contributed by atoms with Crippen molar-refractivity contribution in [2.75, 3.05) is 11.1 Å². The van der Waals surface area contributed by atoms with Crippen LogP contribution in [0.25, 0.3) is 0 Å². The second-order valence-electron chi connectivity index (χ2n) is 9.59. The number of hydrogen-bond donors (Lipinski definition) is 4. The van der Waals surface area contributed by atoms with E-state index in [1.807, 2.05) is 0 Å². The molecule has 1 fully saturated rings. The highest BCUT2D eigenvalue weighted by atomic mass is 19.2. The molecule has 190 valence electrons. The standard InChI is InChI=1S/C24H23F2N9O2/c1-24(22(36)29-11-6-7-11)15-18(27)32-20(33-19(15)34-23(24)37)17-12-9-28-35(2)21(12)31-14(30-17)8-10-4-3-5-13(25)16(10)26/h3-5,9,11,17H,6-8H2,1-2H3,(H,29,36)(H,30,31)(H3,27,32,33,34,37). The minimum Gasteiger partial charge on any atom is -0.383 e. The highest BCUT2D eigenvalue weighted by Gasteiger charge is 2.53. The summed E-state index contributed by atoms with van der Waals surface area (Å²) in [5, 5.41) is 13.0. The van der Waals surface area contributed by atoms with Gasteiger partial charge in [0.15, 0.2) is 28.7 Å². The van der Waals surface area contributed by atoms with E-state index >= 15 is 0 Å². The summed E-state index contributed by atoms with van der Waals surface area (Å²) in [5.74, 6) is -1.75. The van der Waals surface area contributed by atoms with Crippen LogP contribution in [-0.4, -0.2) is 43.4 Å². The number of carbonyl (C=O) groups is 2. The molecular formula is C24H23F2N9O2. The van der Waals surface area contributed by atoms with Crippen molar-refractivity contribution in [3.05, 3.63) is 58.5 Å². The maximum absolute atomic E-state index is 14.4. The summed E-state index contributed by atoms with van der Waals surface area (Å²) < 4.78 is 29.7. The van der Waals surface area contributed by atoms with E-state index in [4.69, 9.17) is 5.73 Å². The van der Waals surface area contributed by atoms with Gasteiger partial charge in [-0.3, -0.25) is 14.3 Å². The molecule has 5 N–H and O–H groups in total. The summed E-state index contributed by atoms with van der Waals surface area (Å²) in [4.78, 5) is 39.5. The van der Waals surface area contributed by atoms with Crippen molar-refractivity contribution in [2.45, 2.75) is 43.7 Å². The molecule has 3 aromatic rings. The van der Waals surface area contributed by atoms with Crippen molar-refractivity contribution in [1.29, 1.82) is 0 Å². The quantitative estimate of drug-likeness (QED) is 0.382. The van der Waals surface area contributed by atoms with E-state index in [-0.39, 0.29) is 41.0 Å². The molecule has 37 heavy (non-hydrogen) atoms. The molecule has 1 aromatic carbocycles. The van der Waals surface area contributed by atoms with Crippen LogP contribution in [0.15, 0.2) is 29.4 Å². The van der Waals surface area contributed by atoms with Gasteiger partial charge in [-0.25, -0.2) is 23.7 Å². The summed E-state index contributed by atoms with van der Waals surface area (Å²) in [6.07, 6.45) is 3.30. The lowest BCUT2D eigenvalue weighted by atomic mass is 9.83. The Hall–Kier alpha value is -4.42. The molecule has 1 saturated carbocycles. The molecule has 11 nitrogen and oxygen atoms in total. The zero-order valence-corrected chi connectivity index (χ0v) is 20.0. The molecule has 0 bridgehead atoms. The summed E-state index contributed by atoms with van der Waals surface area (Å²) >= 11 is 0. The van der Waals surface area contributed by atoms with Gasteiger partial charge in [0.05, 0.1) is 11.8 Å². The van der Waals surface area contributed by atoms with Crippen LogP contribution in [0, 0.1) is 11.6 Å². The number of aryl methyl sites for hydroxylation is 1. The predicted octanol–water partition coefficient (Wildman–Crippen LogP) is 1.52. The summed E-state index contributed by atoms with van der Waals surface area (Å²) in [6.45, 7) is 1.50. The lowest BCUT2D eigenvalue weighted by molar-refractivity contribution is -0.133. The number of nitrogens with two attached hydrogens (primary N) is 1. The van der Waals surface area contributed by atoms with E-state index in [1.54, 1.807) is 17.9 Å². The number of nitrogens with zero attached hydrogens (tertiary/aromatic N) is 5. The minimum atomic E-state index is -1.57. The fourth-order valence-electron chi connectivity index (χ4n) is 4.68. The molecule has 6 rings (SSSR count). The second-order valence-corrected chi connectivity index (χ2v) is 9.59. The first-order chi connectivity index (χ1) is 17.7. The molecule has 13 heteroatoms. The van der Waals surface area contributed by atoms with Gasteiger partial charge in [-0.2, -0.15) is 5.10 Å². The zero-order valence-electron chi connectivity index (χ0n) is 20.0. The van der Waals surface area contributed by atoms with Crippen LogP contribution in [0.4, 0.5) is 26.2 Å². The first-order valence-corrected chi connectivity index (χ1v) is 11.8. The van der Waals surface area contributed by atoms with Crippen LogP contribution in [0.3, 0.4) is 0 Å². The van der Waals surface area contributed by atoms with Gasteiger partial charge in [0.1, 0.15) is 23.5 Å². The van der Waals surface area contributed by atoms with Crippen LogP contribution < -0.4 is 21.7 Å². The number of rotatable bonds is 5. The molecule has 3 aliphatic rings. The molecule has 0 saturated heterocycles. The normalized spacial score (nSPS) is 22.0. The van der Waals surface area contributed by atoms with Crippen LogP contribution in [0.2, 0.25) is 0 Å². The molecule has 0 spiro atoms. The fourth-order valence-corrected chi connectivity index (χ4v) is 4.68. The van der Waals surface area contributed by atoms with Gasteiger partial charge in [0.25, 0.3) is 0 Å². The van der Waals surface area contributed by atoms with E-state index in [0.717, 1.165) is 18.9 Å². The topological polar surface area (TPSA) is 152 Å². The Labute approximate surface area is 209 Å². The van der Waals surface area contributed by atoms with Crippen molar-refractivity contribution in [1.82, 2.24) is 30.4 Å². The summed E-state index contributed by atoms with van der Waals surface area (Å²) in [6, 6.07) is 3.30. The molecule has 2 aromatic heterocycles. The number of aliphatic imine (C=N–C) groups is 1. The molecule has 4 heterocycles. The van der Waals surface area contributed by atoms with E-state index in [2.05, 4.69) is 36.0 Å². The van der Waals surface area contributed by atoms with Crippen molar-refractivity contribution < 1.29 is 18.4 Å². The van der Waals surface area contributed by atoms with Gasteiger partial charge < -0.3 is 21.7 Å². The third-order valence-electron chi connectivity index (χ3n) is 6.95. The Morgan fingerprint density at radius 1 is 1.30 bits per heavy atom. The highest BCUT2D eigenvalue weighted by Crippen LogP contribution is 2.42. The van der Waals surface area contributed by atoms with Gasteiger partial charge in [0.2, 0.25) is 11.8 Å². The highest BCUT2D eigenvalue weighted by molar-refractivity contribution is 6.20. The lowest BCUT2D eigenvalue weighted by Crippen LogP contribution is -2.48. The Balaban J connectivity index is 1.38. The number of amides is 2. The van der Waals surface area contributed by atoms with Gasteiger partial charge in [-0.05, 0) is 31.4 Å². The van der Waals surface area contributed by atoms with Gasteiger partial charge in [0, 0.05) is 25.1 Å². The maximum atomic E-state index is 14.4. The zero-order chi connectivity index (χ0) is 26.1. The molecular weight excluding hydrogens is 484 g/mol. The van der Waals surface area contributed by atoms with Crippen LogP contribution in [-0.2, 0) is 28.5 Å².